The largest absolute Gasteiger partial charge is 0.342 e. The summed E-state index contributed by atoms with van der Waals surface area (Å²) in [4.78, 5) is 17.9. The number of carbonyl (C=O) groups is 1. The maximum absolute atomic E-state index is 11.9. The molecule has 4 heteroatoms. The van der Waals surface area contributed by atoms with Crippen LogP contribution in [0.4, 0.5) is 0 Å². The van der Waals surface area contributed by atoms with E-state index in [4.69, 9.17) is 0 Å². The molecule has 0 saturated carbocycles. The van der Waals surface area contributed by atoms with Gasteiger partial charge in [0, 0.05) is 37.4 Å². The molecule has 2 rings (SSSR count). The zero-order valence-electron chi connectivity index (χ0n) is 12.1. The molecular formula is C16H21N3O. The fourth-order valence-electron chi connectivity index (χ4n) is 2.34. The number of rotatable bonds is 6. The Bertz CT molecular complexity index is 573. The van der Waals surface area contributed by atoms with Crippen molar-refractivity contribution < 1.29 is 4.79 Å². The molecule has 0 bridgehead atoms. The summed E-state index contributed by atoms with van der Waals surface area (Å²) in [5.41, 5.74) is 1.19. The normalized spacial score (nSPS) is 10.7. The smallest absolute Gasteiger partial charge is 0.236 e. The van der Waals surface area contributed by atoms with Crippen LogP contribution in [0.2, 0.25) is 0 Å². The van der Waals surface area contributed by atoms with Gasteiger partial charge in [0.1, 0.15) is 0 Å². The van der Waals surface area contributed by atoms with Gasteiger partial charge in [-0.15, -0.1) is 0 Å². The number of nitrogens with one attached hydrogen (secondary N) is 1. The van der Waals surface area contributed by atoms with Crippen molar-refractivity contribution in [2.45, 2.75) is 20.4 Å². The van der Waals surface area contributed by atoms with Crippen LogP contribution < -0.4 is 5.32 Å². The lowest BCUT2D eigenvalue weighted by Gasteiger charge is -2.18. The van der Waals surface area contributed by atoms with Gasteiger partial charge in [-0.3, -0.25) is 9.78 Å². The molecule has 106 valence electrons. The van der Waals surface area contributed by atoms with Crippen molar-refractivity contribution >= 4 is 16.7 Å². The Morgan fingerprint density at radius 2 is 2.05 bits per heavy atom. The average Bonchev–Trinajstić information content (AvgIpc) is 2.49. The molecule has 20 heavy (non-hydrogen) atoms. The maximum Gasteiger partial charge on any atom is 0.236 e. The number of amides is 1. The fraction of sp³-hybridized carbons (Fsp3) is 0.375. The predicted octanol–water partition coefficient (Wildman–Crippen LogP) is 2.19. The van der Waals surface area contributed by atoms with Crippen molar-refractivity contribution in [2.75, 3.05) is 19.6 Å². The quantitative estimate of drug-likeness (QED) is 0.876. The molecular weight excluding hydrogens is 250 g/mol. The van der Waals surface area contributed by atoms with Crippen LogP contribution in [0.1, 0.15) is 19.4 Å². The molecule has 1 heterocycles. The Balaban J connectivity index is 1.98. The first kappa shape index (κ1) is 14.5. The predicted molar refractivity (Wildman–Crippen MR) is 81.4 cm³/mol. The molecule has 0 atom stereocenters. The van der Waals surface area contributed by atoms with E-state index < -0.39 is 0 Å². The molecule has 0 fully saturated rings. The van der Waals surface area contributed by atoms with E-state index >= 15 is 0 Å². The van der Waals surface area contributed by atoms with E-state index in [1.54, 1.807) is 6.20 Å². The van der Waals surface area contributed by atoms with Gasteiger partial charge in [0.25, 0.3) is 0 Å². The number of likely N-dealkylation sites (N-methyl/N-ethyl adjacent to an activating group) is 1. The van der Waals surface area contributed by atoms with Crippen molar-refractivity contribution in [3.63, 3.8) is 0 Å². The molecule has 1 aromatic carbocycles. The van der Waals surface area contributed by atoms with Gasteiger partial charge >= 0.3 is 0 Å². The van der Waals surface area contributed by atoms with Crippen LogP contribution in [-0.2, 0) is 11.3 Å². The minimum absolute atomic E-state index is 0.150. The summed E-state index contributed by atoms with van der Waals surface area (Å²) in [6, 6.07) is 8.16. The molecule has 2 aromatic rings. The number of aromatic nitrogens is 1. The Morgan fingerprint density at radius 3 is 2.80 bits per heavy atom. The minimum Gasteiger partial charge on any atom is -0.342 e. The van der Waals surface area contributed by atoms with Crippen LogP contribution >= 0.6 is 0 Å². The van der Waals surface area contributed by atoms with Gasteiger partial charge in [-0.2, -0.15) is 0 Å². The molecule has 0 saturated heterocycles. The first-order valence-corrected chi connectivity index (χ1v) is 7.06. The summed E-state index contributed by atoms with van der Waals surface area (Å²) in [5, 5.41) is 5.54. The SMILES string of the molecule is CCN(CC)C(=O)CNCc1cccc2cnccc12. The number of fused-ring (bicyclic) bond motifs is 1. The number of nitrogens with zero attached hydrogens (tertiary/aromatic N) is 2. The lowest BCUT2D eigenvalue weighted by molar-refractivity contribution is -0.129. The summed E-state index contributed by atoms with van der Waals surface area (Å²) in [6.07, 6.45) is 3.66. The molecule has 1 amide bonds. The number of carbonyl (C=O) groups excluding carboxylic acids is 1. The van der Waals surface area contributed by atoms with Crippen molar-refractivity contribution in [2.24, 2.45) is 0 Å². The highest BCUT2D eigenvalue weighted by atomic mass is 16.2. The topological polar surface area (TPSA) is 45.2 Å². The molecule has 0 aliphatic rings. The zero-order valence-corrected chi connectivity index (χ0v) is 12.1. The van der Waals surface area contributed by atoms with E-state index in [2.05, 4.69) is 16.4 Å². The second kappa shape index (κ2) is 7.01. The van der Waals surface area contributed by atoms with E-state index in [9.17, 15) is 4.79 Å². The van der Waals surface area contributed by atoms with Gasteiger partial charge in [-0.1, -0.05) is 18.2 Å². The zero-order chi connectivity index (χ0) is 14.4. The lowest BCUT2D eigenvalue weighted by atomic mass is 10.1. The van der Waals surface area contributed by atoms with Crippen LogP contribution in [0.15, 0.2) is 36.7 Å². The molecule has 0 unspecified atom stereocenters. The standard InChI is InChI=1S/C16H21N3O/c1-3-19(4-2)16(20)12-18-11-14-7-5-6-13-10-17-9-8-15(13)14/h5-10,18H,3-4,11-12H2,1-2H3. The molecule has 1 N–H and O–H groups in total. The van der Waals surface area contributed by atoms with Crippen molar-refractivity contribution in [1.82, 2.24) is 15.2 Å². The molecule has 4 nitrogen and oxygen atoms in total. The third kappa shape index (κ3) is 3.33. The summed E-state index contributed by atoms with van der Waals surface area (Å²) in [5.74, 6) is 0.150. The average molecular weight is 271 g/mol. The lowest BCUT2D eigenvalue weighted by Crippen LogP contribution is -2.37. The molecule has 1 aromatic heterocycles. The molecule has 0 radical (unpaired) electrons. The Hall–Kier alpha value is -1.94. The van der Waals surface area contributed by atoms with Crippen LogP contribution in [0, 0.1) is 0 Å². The van der Waals surface area contributed by atoms with Crippen molar-refractivity contribution in [3.05, 3.63) is 42.2 Å². The first-order valence-electron chi connectivity index (χ1n) is 7.06. The van der Waals surface area contributed by atoms with E-state index in [1.165, 1.54) is 10.9 Å². The fourth-order valence-corrected chi connectivity index (χ4v) is 2.34. The molecule has 0 aliphatic heterocycles. The van der Waals surface area contributed by atoms with Gasteiger partial charge in [0.2, 0.25) is 5.91 Å². The maximum atomic E-state index is 11.9. The van der Waals surface area contributed by atoms with E-state index in [0.717, 1.165) is 18.5 Å². The highest BCUT2D eigenvalue weighted by Crippen LogP contribution is 2.16. The van der Waals surface area contributed by atoms with E-state index in [-0.39, 0.29) is 5.91 Å². The van der Waals surface area contributed by atoms with Gasteiger partial charge in [-0.25, -0.2) is 0 Å². The second-order valence-electron chi connectivity index (χ2n) is 4.68. The number of benzene rings is 1. The third-order valence-electron chi connectivity index (χ3n) is 3.48. The van der Waals surface area contributed by atoms with E-state index in [1.807, 2.05) is 43.1 Å². The summed E-state index contributed by atoms with van der Waals surface area (Å²) < 4.78 is 0. The molecule has 0 spiro atoms. The summed E-state index contributed by atoms with van der Waals surface area (Å²) in [6.45, 7) is 6.59. The van der Waals surface area contributed by atoms with Crippen LogP contribution in [0.25, 0.3) is 10.8 Å². The third-order valence-corrected chi connectivity index (χ3v) is 3.48. The Kier molecular flexibility index (Phi) is 5.07. The van der Waals surface area contributed by atoms with Gasteiger partial charge in [0.15, 0.2) is 0 Å². The Morgan fingerprint density at radius 1 is 1.25 bits per heavy atom. The number of hydrogen-bond acceptors (Lipinski definition) is 3. The van der Waals surface area contributed by atoms with E-state index in [0.29, 0.717) is 13.1 Å². The molecule has 0 aliphatic carbocycles. The number of hydrogen-bond donors (Lipinski definition) is 1. The summed E-state index contributed by atoms with van der Waals surface area (Å²) >= 11 is 0. The minimum atomic E-state index is 0.150. The van der Waals surface area contributed by atoms with Crippen LogP contribution in [0.5, 0.6) is 0 Å². The van der Waals surface area contributed by atoms with Gasteiger partial charge in [0.05, 0.1) is 6.54 Å². The highest BCUT2D eigenvalue weighted by molar-refractivity contribution is 5.84. The van der Waals surface area contributed by atoms with Crippen LogP contribution in [-0.4, -0.2) is 35.4 Å². The Labute approximate surface area is 119 Å². The van der Waals surface area contributed by atoms with Gasteiger partial charge in [-0.05, 0) is 30.9 Å². The van der Waals surface area contributed by atoms with Crippen molar-refractivity contribution in [1.29, 1.82) is 0 Å². The van der Waals surface area contributed by atoms with Crippen LogP contribution in [0.3, 0.4) is 0 Å². The highest BCUT2D eigenvalue weighted by Gasteiger charge is 2.08. The second-order valence-corrected chi connectivity index (χ2v) is 4.68. The first-order chi connectivity index (χ1) is 9.76. The summed E-state index contributed by atoms with van der Waals surface area (Å²) in [7, 11) is 0. The van der Waals surface area contributed by atoms with Gasteiger partial charge < -0.3 is 10.2 Å². The monoisotopic (exact) mass is 271 g/mol. The van der Waals surface area contributed by atoms with Crippen molar-refractivity contribution in [3.8, 4) is 0 Å². The number of pyridine rings is 1.